The van der Waals surface area contributed by atoms with E-state index in [1.165, 1.54) is 12.1 Å². The smallest absolute Gasteiger partial charge is 0.329 e. The van der Waals surface area contributed by atoms with Crippen molar-refractivity contribution < 1.29 is 19.4 Å². The average Bonchev–Trinajstić information content (AvgIpc) is 2.31. The summed E-state index contributed by atoms with van der Waals surface area (Å²) < 4.78 is 5.46. The van der Waals surface area contributed by atoms with Crippen molar-refractivity contribution in [1.82, 2.24) is 5.32 Å². The third-order valence-electron chi connectivity index (χ3n) is 3.50. The summed E-state index contributed by atoms with van der Waals surface area (Å²) in [5.74, 6) is -1.14. The van der Waals surface area contributed by atoms with Gasteiger partial charge in [0.15, 0.2) is 6.10 Å². The number of carboxylic acids is 1. The van der Waals surface area contributed by atoms with E-state index in [0.717, 1.165) is 6.42 Å². The Labute approximate surface area is 132 Å². The molecule has 1 fully saturated rings. The molecule has 1 atom stereocenters. The topological polar surface area (TPSA) is 75.6 Å². The van der Waals surface area contributed by atoms with Crippen LogP contribution < -0.4 is 10.1 Å². The van der Waals surface area contributed by atoms with Crippen molar-refractivity contribution >= 4 is 35.1 Å². The van der Waals surface area contributed by atoms with Gasteiger partial charge >= 0.3 is 5.97 Å². The summed E-state index contributed by atoms with van der Waals surface area (Å²) in [7, 11) is 0. The Morgan fingerprint density at radius 3 is 2.29 bits per heavy atom. The molecule has 1 amide bonds. The number of benzene rings is 1. The van der Waals surface area contributed by atoms with E-state index < -0.39 is 23.5 Å². The van der Waals surface area contributed by atoms with Crippen LogP contribution in [0, 0.1) is 0 Å². The van der Waals surface area contributed by atoms with Gasteiger partial charge in [-0.3, -0.25) is 4.79 Å². The highest BCUT2D eigenvalue weighted by atomic mass is 35.5. The third-order valence-corrected chi connectivity index (χ3v) is 3.93. The Balaban J connectivity index is 2.01. The Morgan fingerprint density at radius 2 is 1.86 bits per heavy atom. The van der Waals surface area contributed by atoms with Gasteiger partial charge < -0.3 is 15.2 Å². The number of rotatable bonds is 5. The summed E-state index contributed by atoms with van der Waals surface area (Å²) in [6.07, 6.45) is 0.801. The zero-order chi connectivity index (χ0) is 15.6. The highest BCUT2D eigenvalue weighted by Crippen LogP contribution is 2.32. The van der Waals surface area contributed by atoms with E-state index in [0.29, 0.717) is 28.6 Å². The van der Waals surface area contributed by atoms with Gasteiger partial charge in [-0.15, -0.1) is 0 Å². The van der Waals surface area contributed by atoms with Gasteiger partial charge in [0.25, 0.3) is 5.91 Å². The monoisotopic (exact) mass is 331 g/mol. The second-order valence-corrected chi connectivity index (χ2v) is 5.97. The van der Waals surface area contributed by atoms with Crippen molar-refractivity contribution in [2.24, 2.45) is 0 Å². The molecule has 0 radical (unpaired) electrons. The first-order valence-electron chi connectivity index (χ1n) is 6.50. The number of ether oxygens (including phenoxy) is 1. The van der Waals surface area contributed by atoms with Gasteiger partial charge in [-0.25, -0.2) is 4.79 Å². The standard InChI is InChI=1S/C14H15Cl2NO4/c1-8(21-11-6-9(15)5-10(16)7-11)12(18)17-14(13(19)20)3-2-4-14/h5-8H,2-4H2,1H3,(H,17,18)(H,19,20). The molecule has 2 N–H and O–H groups in total. The molecule has 5 nitrogen and oxygen atoms in total. The molecule has 114 valence electrons. The number of halogens is 2. The number of amides is 1. The summed E-state index contributed by atoms with van der Waals surface area (Å²) in [6, 6.07) is 4.62. The molecule has 1 aliphatic rings. The molecular formula is C14H15Cl2NO4. The summed E-state index contributed by atoms with van der Waals surface area (Å²) in [6.45, 7) is 1.54. The molecule has 0 heterocycles. The van der Waals surface area contributed by atoms with E-state index in [-0.39, 0.29) is 0 Å². The number of nitrogens with one attached hydrogen (secondary N) is 1. The molecule has 0 bridgehead atoms. The maximum atomic E-state index is 12.1. The number of carbonyl (C=O) groups excluding carboxylic acids is 1. The van der Waals surface area contributed by atoms with Gasteiger partial charge in [0, 0.05) is 10.0 Å². The minimum atomic E-state index is -1.15. The molecule has 7 heteroatoms. The van der Waals surface area contributed by atoms with E-state index in [4.69, 9.17) is 27.9 Å². The lowest BCUT2D eigenvalue weighted by Gasteiger charge is -2.38. The lowest BCUT2D eigenvalue weighted by molar-refractivity contribution is -0.152. The molecule has 1 aliphatic carbocycles. The number of carbonyl (C=O) groups is 2. The van der Waals surface area contributed by atoms with Gasteiger partial charge in [0.1, 0.15) is 11.3 Å². The highest BCUT2D eigenvalue weighted by molar-refractivity contribution is 6.34. The summed E-state index contributed by atoms with van der Waals surface area (Å²) in [4.78, 5) is 23.3. The van der Waals surface area contributed by atoms with Gasteiger partial charge in [-0.2, -0.15) is 0 Å². The molecule has 1 saturated carbocycles. The lowest BCUT2D eigenvalue weighted by Crippen LogP contribution is -2.61. The van der Waals surface area contributed by atoms with Gasteiger partial charge in [0.2, 0.25) is 0 Å². The Bertz CT molecular complexity index is 552. The van der Waals surface area contributed by atoms with Crippen molar-refractivity contribution in [3.8, 4) is 5.75 Å². The Hall–Kier alpha value is -1.46. The second kappa shape index (κ2) is 6.12. The SMILES string of the molecule is CC(Oc1cc(Cl)cc(Cl)c1)C(=O)NC1(C(=O)O)CCC1. The number of hydrogen-bond donors (Lipinski definition) is 2. The first-order valence-corrected chi connectivity index (χ1v) is 7.26. The highest BCUT2D eigenvalue weighted by Gasteiger charge is 2.46. The van der Waals surface area contributed by atoms with Crippen LogP contribution in [-0.2, 0) is 9.59 Å². The normalized spacial score (nSPS) is 17.5. The zero-order valence-electron chi connectivity index (χ0n) is 11.4. The molecule has 0 aromatic heterocycles. The maximum Gasteiger partial charge on any atom is 0.329 e. The first kappa shape index (κ1) is 15.9. The summed E-state index contributed by atoms with van der Waals surface area (Å²) >= 11 is 11.7. The third kappa shape index (κ3) is 3.60. The van der Waals surface area contributed by atoms with E-state index in [1.807, 2.05) is 0 Å². The minimum Gasteiger partial charge on any atom is -0.481 e. The molecule has 1 unspecified atom stereocenters. The van der Waals surface area contributed by atoms with Crippen LogP contribution in [0.25, 0.3) is 0 Å². The molecule has 1 aromatic rings. The van der Waals surface area contributed by atoms with Crippen molar-refractivity contribution in [3.63, 3.8) is 0 Å². The molecule has 1 aromatic carbocycles. The molecular weight excluding hydrogens is 317 g/mol. The van der Waals surface area contributed by atoms with E-state index >= 15 is 0 Å². The fourth-order valence-corrected chi connectivity index (χ4v) is 2.62. The fraction of sp³-hybridized carbons (Fsp3) is 0.429. The number of carboxylic acid groups (broad SMARTS) is 1. The molecule has 21 heavy (non-hydrogen) atoms. The van der Waals surface area contributed by atoms with Gasteiger partial charge in [-0.05, 0) is 44.4 Å². The van der Waals surface area contributed by atoms with Crippen LogP contribution in [0.2, 0.25) is 10.0 Å². The van der Waals surface area contributed by atoms with Crippen molar-refractivity contribution in [3.05, 3.63) is 28.2 Å². The quantitative estimate of drug-likeness (QED) is 0.869. The van der Waals surface area contributed by atoms with Crippen LogP contribution in [0.1, 0.15) is 26.2 Å². The summed E-state index contributed by atoms with van der Waals surface area (Å²) in [5, 5.41) is 12.5. The van der Waals surface area contributed by atoms with Crippen molar-refractivity contribution in [2.75, 3.05) is 0 Å². The molecule has 0 saturated heterocycles. The van der Waals surface area contributed by atoms with E-state index in [1.54, 1.807) is 13.0 Å². The maximum absolute atomic E-state index is 12.1. The molecule has 2 rings (SSSR count). The predicted octanol–water partition coefficient (Wildman–Crippen LogP) is 2.88. The van der Waals surface area contributed by atoms with Crippen LogP contribution in [0.3, 0.4) is 0 Å². The lowest BCUT2D eigenvalue weighted by atomic mass is 9.76. The van der Waals surface area contributed by atoms with Gasteiger partial charge in [-0.1, -0.05) is 23.2 Å². The van der Waals surface area contributed by atoms with Crippen LogP contribution in [0.15, 0.2) is 18.2 Å². The van der Waals surface area contributed by atoms with Crippen LogP contribution in [0.4, 0.5) is 0 Å². The minimum absolute atomic E-state index is 0.355. The molecule has 0 spiro atoms. The molecule has 0 aliphatic heterocycles. The number of hydrogen-bond acceptors (Lipinski definition) is 3. The Morgan fingerprint density at radius 1 is 1.29 bits per heavy atom. The largest absolute Gasteiger partial charge is 0.481 e. The Kier molecular flexibility index (Phi) is 4.64. The van der Waals surface area contributed by atoms with Crippen LogP contribution >= 0.6 is 23.2 Å². The van der Waals surface area contributed by atoms with Crippen LogP contribution in [0.5, 0.6) is 5.75 Å². The fourth-order valence-electron chi connectivity index (χ4n) is 2.11. The van der Waals surface area contributed by atoms with Crippen LogP contribution in [-0.4, -0.2) is 28.6 Å². The average molecular weight is 332 g/mol. The van der Waals surface area contributed by atoms with Crippen molar-refractivity contribution in [2.45, 2.75) is 37.8 Å². The zero-order valence-corrected chi connectivity index (χ0v) is 12.9. The predicted molar refractivity (Wildman–Crippen MR) is 78.9 cm³/mol. The first-order chi connectivity index (χ1) is 9.82. The second-order valence-electron chi connectivity index (χ2n) is 5.10. The van der Waals surface area contributed by atoms with E-state index in [2.05, 4.69) is 5.32 Å². The van der Waals surface area contributed by atoms with Crippen molar-refractivity contribution in [1.29, 1.82) is 0 Å². The van der Waals surface area contributed by atoms with Gasteiger partial charge in [0.05, 0.1) is 0 Å². The van der Waals surface area contributed by atoms with E-state index in [9.17, 15) is 14.7 Å². The summed E-state index contributed by atoms with van der Waals surface area (Å²) in [5.41, 5.74) is -1.15. The number of aliphatic carboxylic acids is 1.